The van der Waals surface area contributed by atoms with Gasteiger partial charge in [-0.3, -0.25) is 9.35 Å². The van der Waals surface area contributed by atoms with Crippen molar-refractivity contribution in [1.82, 2.24) is 0 Å². The number of esters is 2. The van der Waals surface area contributed by atoms with E-state index in [1.54, 1.807) is 44.2 Å². The third kappa shape index (κ3) is 6.29. The molecule has 1 N–H and O–H groups in total. The zero-order chi connectivity index (χ0) is 30.6. The Hall–Kier alpha value is -3.12. The van der Waals surface area contributed by atoms with Crippen molar-refractivity contribution < 1.29 is 49.9 Å². The van der Waals surface area contributed by atoms with Crippen molar-refractivity contribution in [1.29, 1.82) is 0 Å². The second-order valence-corrected chi connectivity index (χ2v) is 14.0. The number of alkyl halides is 3. The molecule has 0 spiro atoms. The maximum Gasteiger partial charge on any atom is 0.419 e. The van der Waals surface area contributed by atoms with Crippen LogP contribution in [-0.2, 0) is 36.2 Å². The molecule has 4 fully saturated rings. The van der Waals surface area contributed by atoms with Crippen LogP contribution in [0.4, 0.5) is 13.2 Å². The lowest BCUT2D eigenvalue weighted by atomic mass is 9.48. The Morgan fingerprint density at radius 3 is 2.24 bits per heavy atom. The van der Waals surface area contributed by atoms with Gasteiger partial charge in [0.15, 0.2) is 0 Å². The minimum Gasteiger partial charge on any atom is -0.483 e. The van der Waals surface area contributed by atoms with Gasteiger partial charge in [-0.05, 0) is 81.5 Å². The first-order valence-corrected chi connectivity index (χ1v) is 15.4. The number of hydrogen-bond donors (Lipinski definition) is 1. The highest BCUT2D eigenvalue weighted by molar-refractivity contribution is 7.85. The van der Waals surface area contributed by atoms with Crippen molar-refractivity contribution >= 4 is 22.1 Å². The molecular formula is C30H33F3O8S. The molecule has 0 heterocycles. The highest BCUT2D eigenvalue weighted by Crippen LogP contribution is 2.63. The van der Waals surface area contributed by atoms with E-state index < -0.39 is 68.5 Å². The minimum atomic E-state index is -4.73. The van der Waals surface area contributed by atoms with Crippen LogP contribution in [0, 0.1) is 17.3 Å². The Bertz CT molecular complexity index is 1460. The summed E-state index contributed by atoms with van der Waals surface area (Å²) in [7, 11) is -4.31. The number of benzene rings is 2. The standard InChI is InChI=1S/C30H33F3O8S/c1-27(2,22-6-4-3-5-7-22)40-24-13-21(8-9-23(24)30(31,32)33)25(34)41-29-16-19-12-20(17-29)15-28(14-19,18-29)26(35)39-10-11-42(36,37)38/h3-9,13,19-20H,10-12,14-18H2,1-2H3,(H,36,37,38). The average molecular weight is 611 g/mol. The van der Waals surface area contributed by atoms with E-state index in [0.29, 0.717) is 31.2 Å². The van der Waals surface area contributed by atoms with Gasteiger partial charge in [0.25, 0.3) is 10.1 Å². The number of ether oxygens (including phenoxy) is 3. The van der Waals surface area contributed by atoms with Crippen LogP contribution >= 0.6 is 0 Å². The highest BCUT2D eigenvalue weighted by Gasteiger charge is 2.63. The summed E-state index contributed by atoms with van der Waals surface area (Å²) >= 11 is 0. The topological polar surface area (TPSA) is 116 Å². The van der Waals surface area contributed by atoms with Gasteiger partial charge >= 0.3 is 18.1 Å². The quantitative estimate of drug-likeness (QED) is 0.274. The minimum absolute atomic E-state index is 0.0753. The molecule has 0 amide bonds. The molecule has 0 saturated heterocycles. The van der Waals surface area contributed by atoms with Crippen LogP contribution in [0.15, 0.2) is 48.5 Å². The van der Waals surface area contributed by atoms with E-state index in [1.807, 2.05) is 0 Å². The van der Waals surface area contributed by atoms with Crippen LogP contribution in [0.1, 0.15) is 73.9 Å². The molecule has 2 aromatic rings. The van der Waals surface area contributed by atoms with Crippen molar-refractivity contribution in [3.8, 4) is 5.75 Å². The third-order valence-corrected chi connectivity index (χ3v) is 9.36. The number of halogens is 3. The van der Waals surface area contributed by atoms with E-state index in [9.17, 15) is 31.2 Å². The van der Waals surface area contributed by atoms with E-state index in [-0.39, 0.29) is 23.8 Å². The summed E-state index contributed by atoms with van der Waals surface area (Å²) in [6.45, 7) is 2.78. The predicted octanol–water partition coefficient (Wildman–Crippen LogP) is 5.95. The second-order valence-electron chi connectivity index (χ2n) is 12.4. The van der Waals surface area contributed by atoms with Crippen molar-refractivity contribution in [3.63, 3.8) is 0 Å². The Kier molecular flexibility index (Phi) is 7.62. The monoisotopic (exact) mass is 610 g/mol. The van der Waals surface area contributed by atoms with E-state index in [4.69, 9.17) is 18.8 Å². The lowest BCUT2D eigenvalue weighted by molar-refractivity contribution is -0.196. The fourth-order valence-corrected chi connectivity index (χ4v) is 7.62. The van der Waals surface area contributed by atoms with E-state index in [1.165, 1.54) is 0 Å². The number of rotatable bonds is 9. The summed E-state index contributed by atoms with van der Waals surface area (Å²) < 4.78 is 90.0. The molecule has 4 aliphatic rings. The number of carbonyl (C=O) groups is 2. The molecule has 4 aliphatic carbocycles. The smallest absolute Gasteiger partial charge is 0.419 e. The Morgan fingerprint density at radius 1 is 1.00 bits per heavy atom. The van der Waals surface area contributed by atoms with E-state index in [0.717, 1.165) is 24.6 Å². The molecule has 2 atom stereocenters. The number of carbonyl (C=O) groups excluding carboxylic acids is 2. The van der Waals surface area contributed by atoms with Gasteiger partial charge < -0.3 is 14.2 Å². The molecule has 6 rings (SSSR count). The Morgan fingerprint density at radius 2 is 1.64 bits per heavy atom. The van der Waals surface area contributed by atoms with Crippen LogP contribution < -0.4 is 4.74 Å². The molecule has 8 nitrogen and oxygen atoms in total. The summed E-state index contributed by atoms with van der Waals surface area (Å²) in [5.74, 6) is -2.48. The average Bonchev–Trinajstić information content (AvgIpc) is 2.86. The fraction of sp³-hybridized carbons (Fsp3) is 0.533. The molecule has 2 aromatic carbocycles. The Labute approximate surface area is 242 Å². The van der Waals surface area contributed by atoms with Gasteiger partial charge in [-0.25, -0.2) is 4.79 Å². The van der Waals surface area contributed by atoms with Crippen LogP contribution in [-0.4, -0.2) is 42.9 Å². The van der Waals surface area contributed by atoms with Crippen molar-refractivity contribution in [2.24, 2.45) is 17.3 Å². The largest absolute Gasteiger partial charge is 0.483 e. The van der Waals surface area contributed by atoms with Gasteiger partial charge in [0.2, 0.25) is 0 Å². The summed E-state index contributed by atoms with van der Waals surface area (Å²) in [6, 6.07) is 11.7. The lowest BCUT2D eigenvalue weighted by Crippen LogP contribution is -2.60. The third-order valence-electron chi connectivity index (χ3n) is 8.68. The van der Waals surface area contributed by atoms with Crippen molar-refractivity contribution in [2.45, 2.75) is 69.8 Å². The van der Waals surface area contributed by atoms with Gasteiger partial charge in [-0.15, -0.1) is 0 Å². The Balaban J connectivity index is 1.38. The van der Waals surface area contributed by atoms with Crippen molar-refractivity contribution in [3.05, 3.63) is 65.2 Å². The summed E-state index contributed by atoms with van der Waals surface area (Å²) in [4.78, 5) is 26.6. The SMILES string of the molecule is CC(C)(Oc1cc(C(=O)OC23CC4CC(C2)CC(C(=O)OCCS(=O)(=O)O)(C4)C3)ccc1C(F)(F)F)c1ccccc1. The van der Waals surface area contributed by atoms with Crippen LogP contribution in [0.5, 0.6) is 5.75 Å². The van der Waals surface area contributed by atoms with Crippen LogP contribution in [0.2, 0.25) is 0 Å². The zero-order valence-electron chi connectivity index (χ0n) is 23.3. The van der Waals surface area contributed by atoms with Crippen LogP contribution in [0.25, 0.3) is 0 Å². The van der Waals surface area contributed by atoms with Gasteiger partial charge in [0.1, 0.15) is 29.3 Å². The van der Waals surface area contributed by atoms with E-state index >= 15 is 0 Å². The van der Waals surface area contributed by atoms with Gasteiger partial charge in [-0.2, -0.15) is 21.6 Å². The predicted molar refractivity (Wildman–Crippen MR) is 144 cm³/mol. The van der Waals surface area contributed by atoms with Gasteiger partial charge in [0.05, 0.1) is 16.5 Å². The molecular weight excluding hydrogens is 577 g/mol. The highest BCUT2D eigenvalue weighted by atomic mass is 32.2. The molecule has 2 unspecified atom stereocenters. The molecule has 0 radical (unpaired) electrons. The molecule has 0 aliphatic heterocycles. The lowest BCUT2D eigenvalue weighted by Gasteiger charge is -2.59. The molecule has 4 saturated carbocycles. The summed E-state index contributed by atoms with van der Waals surface area (Å²) in [5, 5.41) is 0. The molecule has 12 heteroatoms. The maximum atomic E-state index is 13.9. The summed E-state index contributed by atoms with van der Waals surface area (Å²) in [6.07, 6.45) is -1.64. The summed E-state index contributed by atoms with van der Waals surface area (Å²) in [5.41, 5.74) is -3.60. The van der Waals surface area contributed by atoms with Gasteiger partial charge in [0, 0.05) is 6.42 Å². The molecule has 42 heavy (non-hydrogen) atoms. The number of hydrogen-bond acceptors (Lipinski definition) is 7. The molecule has 4 bridgehead atoms. The van der Waals surface area contributed by atoms with Crippen LogP contribution in [0.3, 0.4) is 0 Å². The van der Waals surface area contributed by atoms with Crippen molar-refractivity contribution in [2.75, 3.05) is 12.4 Å². The van der Waals surface area contributed by atoms with E-state index in [2.05, 4.69) is 0 Å². The normalized spacial score (nSPS) is 27.0. The fourth-order valence-electron chi connectivity index (χ4n) is 7.33. The molecule has 228 valence electrons. The second kappa shape index (κ2) is 10.6. The molecule has 0 aromatic heterocycles. The van der Waals surface area contributed by atoms with Gasteiger partial charge in [-0.1, -0.05) is 30.3 Å². The maximum absolute atomic E-state index is 13.9. The first-order chi connectivity index (χ1) is 19.5. The first-order valence-electron chi connectivity index (χ1n) is 13.8. The first kappa shape index (κ1) is 30.3. The zero-order valence-corrected chi connectivity index (χ0v) is 24.1.